The van der Waals surface area contributed by atoms with Crippen molar-refractivity contribution in [2.24, 2.45) is 4.99 Å². The molecular weight excluding hydrogens is 330 g/mol. The van der Waals surface area contributed by atoms with Gasteiger partial charge in [0.05, 0.1) is 13.2 Å². The highest BCUT2D eigenvalue weighted by Crippen LogP contribution is 2.32. The first-order valence-electron chi connectivity index (χ1n) is 8.76. The summed E-state index contributed by atoms with van der Waals surface area (Å²) < 4.78 is 15.9. The molecular formula is C20H25N3O3. The summed E-state index contributed by atoms with van der Waals surface area (Å²) in [7, 11) is 1.70. The van der Waals surface area contributed by atoms with Crippen LogP contribution in [0.25, 0.3) is 0 Å². The molecule has 1 heterocycles. The molecule has 1 aliphatic rings. The summed E-state index contributed by atoms with van der Waals surface area (Å²) in [6, 6.07) is 14.3. The Bertz CT molecular complexity index is 744. The molecule has 0 fully saturated rings. The van der Waals surface area contributed by atoms with Gasteiger partial charge in [0.15, 0.2) is 17.5 Å². The van der Waals surface area contributed by atoms with E-state index in [4.69, 9.17) is 14.2 Å². The van der Waals surface area contributed by atoms with Gasteiger partial charge in [-0.25, -0.2) is 4.99 Å². The normalized spacial score (nSPS) is 12.9. The highest BCUT2D eigenvalue weighted by Gasteiger charge is 2.12. The number of fused-ring (bicyclic) bond motifs is 1. The van der Waals surface area contributed by atoms with E-state index in [1.807, 2.05) is 18.2 Å². The Kier molecular flexibility index (Phi) is 6.33. The molecule has 3 rings (SSSR count). The molecule has 0 saturated carbocycles. The minimum Gasteiger partial charge on any atom is -0.454 e. The molecule has 0 radical (unpaired) electrons. The van der Waals surface area contributed by atoms with Crippen molar-refractivity contribution in [1.29, 1.82) is 0 Å². The van der Waals surface area contributed by atoms with E-state index in [1.54, 1.807) is 7.11 Å². The lowest BCUT2D eigenvalue weighted by molar-refractivity contribution is 0.174. The van der Waals surface area contributed by atoms with Crippen LogP contribution >= 0.6 is 0 Å². The summed E-state index contributed by atoms with van der Waals surface area (Å²) in [4.78, 5) is 4.65. The molecule has 0 aliphatic carbocycles. The van der Waals surface area contributed by atoms with E-state index in [9.17, 15) is 0 Å². The number of methoxy groups -OCH3 is 1. The zero-order chi connectivity index (χ0) is 18.2. The van der Waals surface area contributed by atoms with Gasteiger partial charge < -0.3 is 24.8 Å². The first-order chi connectivity index (χ1) is 12.8. The van der Waals surface area contributed by atoms with Crippen LogP contribution in [0.4, 0.5) is 0 Å². The Balaban J connectivity index is 1.58. The van der Waals surface area contributed by atoms with E-state index in [0.717, 1.165) is 29.6 Å². The number of nitrogens with zero attached hydrogens (tertiary/aromatic N) is 1. The van der Waals surface area contributed by atoms with Gasteiger partial charge in [0.25, 0.3) is 0 Å². The Morgan fingerprint density at radius 3 is 2.50 bits per heavy atom. The predicted molar refractivity (Wildman–Crippen MR) is 101 cm³/mol. The number of hydrogen-bond acceptors (Lipinski definition) is 4. The van der Waals surface area contributed by atoms with E-state index < -0.39 is 0 Å². The fourth-order valence-corrected chi connectivity index (χ4v) is 2.66. The van der Waals surface area contributed by atoms with Gasteiger partial charge in [0.2, 0.25) is 6.79 Å². The Morgan fingerprint density at radius 1 is 1.00 bits per heavy atom. The quantitative estimate of drug-likeness (QED) is 0.591. The van der Waals surface area contributed by atoms with Crippen molar-refractivity contribution in [2.75, 3.05) is 20.4 Å². The first-order valence-corrected chi connectivity index (χ1v) is 8.76. The van der Waals surface area contributed by atoms with Crippen molar-refractivity contribution >= 4 is 5.96 Å². The van der Waals surface area contributed by atoms with Gasteiger partial charge in [-0.15, -0.1) is 0 Å². The molecule has 26 heavy (non-hydrogen) atoms. The lowest BCUT2D eigenvalue weighted by Gasteiger charge is -2.12. The number of rotatable bonds is 7. The highest BCUT2D eigenvalue weighted by molar-refractivity contribution is 5.79. The lowest BCUT2D eigenvalue weighted by Crippen LogP contribution is -2.36. The first kappa shape index (κ1) is 18.1. The molecule has 0 bridgehead atoms. The van der Waals surface area contributed by atoms with Crippen LogP contribution in [-0.2, 0) is 24.4 Å². The molecule has 138 valence electrons. The fourth-order valence-electron chi connectivity index (χ4n) is 2.66. The smallest absolute Gasteiger partial charge is 0.231 e. The second-order valence-electron chi connectivity index (χ2n) is 5.99. The van der Waals surface area contributed by atoms with Crippen LogP contribution in [0.2, 0.25) is 0 Å². The topological polar surface area (TPSA) is 64.1 Å². The van der Waals surface area contributed by atoms with Crippen LogP contribution < -0.4 is 20.1 Å². The van der Waals surface area contributed by atoms with E-state index in [0.29, 0.717) is 19.7 Å². The summed E-state index contributed by atoms with van der Waals surface area (Å²) in [6.45, 7) is 5.05. The summed E-state index contributed by atoms with van der Waals surface area (Å²) in [6.07, 6.45) is 0. The third-order valence-corrected chi connectivity index (χ3v) is 3.99. The van der Waals surface area contributed by atoms with Crippen molar-refractivity contribution in [1.82, 2.24) is 10.6 Å². The molecule has 0 amide bonds. The van der Waals surface area contributed by atoms with Crippen LogP contribution in [-0.4, -0.2) is 26.4 Å². The molecule has 6 nitrogen and oxygen atoms in total. The SMILES string of the molecule is CCNC(=NCc1ccc2c(c1)OCO2)NCc1ccc(COC)cc1. The van der Waals surface area contributed by atoms with Gasteiger partial charge in [0, 0.05) is 20.2 Å². The lowest BCUT2D eigenvalue weighted by atomic mass is 10.1. The second-order valence-corrected chi connectivity index (χ2v) is 5.99. The summed E-state index contributed by atoms with van der Waals surface area (Å²) in [5.74, 6) is 2.36. The summed E-state index contributed by atoms with van der Waals surface area (Å²) in [5, 5.41) is 6.63. The number of aliphatic imine (C=N–C) groups is 1. The Labute approximate surface area is 154 Å². The van der Waals surface area contributed by atoms with Crippen LogP contribution in [0.15, 0.2) is 47.5 Å². The van der Waals surface area contributed by atoms with Gasteiger partial charge in [-0.1, -0.05) is 30.3 Å². The van der Waals surface area contributed by atoms with Gasteiger partial charge in [-0.05, 0) is 35.7 Å². The van der Waals surface area contributed by atoms with E-state index in [2.05, 4.69) is 46.8 Å². The zero-order valence-electron chi connectivity index (χ0n) is 15.2. The number of nitrogens with one attached hydrogen (secondary N) is 2. The second kappa shape index (κ2) is 9.10. The molecule has 0 aromatic heterocycles. The molecule has 0 spiro atoms. The number of benzene rings is 2. The van der Waals surface area contributed by atoms with Crippen molar-refractivity contribution < 1.29 is 14.2 Å². The van der Waals surface area contributed by atoms with E-state index >= 15 is 0 Å². The predicted octanol–water partition coefficient (Wildman–Crippen LogP) is 2.82. The third-order valence-electron chi connectivity index (χ3n) is 3.99. The third kappa shape index (κ3) is 4.89. The van der Waals surface area contributed by atoms with Gasteiger partial charge in [-0.2, -0.15) is 0 Å². The van der Waals surface area contributed by atoms with Crippen molar-refractivity contribution in [3.63, 3.8) is 0 Å². The number of ether oxygens (including phenoxy) is 3. The Morgan fingerprint density at radius 2 is 1.73 bits per heavy atom. The minimum atomic E-state index is 0.287. The molecule has 2 N–H and O–H groups in total. The van der Waals surface area contributed by atoms with E-state index in [-0.39, 0.29) is 6.79 Å². The molecule has 0 atom stereocenters. The maximum absolute atomic E-state index is 5.41. The van der Waals surface area contributed by atoms with Crippen LogP contribution in [0.3, 0.4) is 0 Å². The van der Waals surface area contributed by atoms with Crippen LogP contribution in [0.1, 0.15) is 23.6 Å². The minimum absolute atomic E-state index is 0.287. The van der Waals surface area contributed by atoms with E-state index in [1.165, 1.54) is 11.1 Å². The van der Waals surface area contributed by atoms with Gasteiger partial charge in [-0.3, -0.25) is 0 Å². The molecule has 2 aromatic carbocycles. The van der Waals surface area contributed by atoms with Crippen LogP contribution in [0.5, 0.6) is 11.5 Å². The summed E-state index contributed by atoms with van der Waals surface area (Å²) in [5.41, 5.74) is 3.44. The van der Waals surface area contributed by atoms with Crippen molar-refractivity contribution in [3.8, 4) is 11.5 Å². The van der Waals surface area contributed by atoms with Crippen LogP contribution in [0, 0.1) is 0 Å². The molecule has 0 unspecified atom stereocenters. The monoisotopic (exact) mass is 355 g/mol. The molecule has 6 heteroatoms. The molecule has 1 aliphatic heterocycles. The summed E-state index contributed by atoms with van der Waals surface area (Å²) >= 11 is 0. The fraction of sp³-hybridized carbons (Fsp3) is 0.350. The van der Waals surface area contributed by atoms with Gasteiger partial charge >= 0.3 is 0 Å². The van der Waals surface area contributed by atoms with Gasteiger partial charge in [0.1, 0.15) is 0 Å². The maximum Gasteiger partial charge on any atom is 0.231 e. The number of hydrogen-bond donors (Lipinski definition) is 2. The standard InChI is InChI=1S/C20H25N3O3/c1-3-21-20(22-11-15-4-6-16(7-5-15)13-24-2)23-12-17-8-9-18-19(10-17)26-14-25-18/h4-10H,3,11-14H2,1-2H3,(H2,21,22,23). The average molecular weight is 355 g/mol. The largest absolute Gasteiger partial charge is 0.454 e. The number of guanidine groups is 1. The molecule has 0 saturated heterocycles. The van der Waals surface area contributed by atoms with Crippen molar-refractivity contribution in [2.45, 2.75) is 26.6 Å². The maximum atomic E-state index is 5.41. The molecule has 2 aromatic rings. The zero-order valence-corrected chi connectivity index (χ0v) is 15.2. The highest BCUT2D eigenvalue weighted by atomic mass is 16.7. The Hall–Kier alpha value is -2.73. The van der Waals surface area contributed by atoms with Crippen molar-refractivity contribution in [3.05, 3.63) is 59.2 Å². The average Bonchev–Trinajstić information content (AvgIpc) is 3.13.